The molecule has 0 bridgehead atoms. The van der Waals surface area contributed by atoms with Gasteiger partial charge in [0.05, 0.1) is 4.92 Å². The number of hydrogen-bond acceptors (Lipinski definition) is 4. The van der Waals surface area contributed by atoms with Gasteiger partial charge in [0.25, 0.3) is 0 Å². The highest BCUT2D eigenvalue weighted by molar-refractivity contribution is 5.59. The van der Waals surface area contributed by atoms with Crippen molar-refractivity contribution in [1.29, 1.82) is 0 Å². The van der Waals surface area contributed by atoms with Gasteiger partial charge in [-0.2, -0.15) is 0 Å². The quantitative estimate of drug-likeness (QED) is 0.506. The second kappa shape index (κ2) is 6.29. The summed E-state index contributed by atoms with van der Waals surface area (Å²) in [5.41, 5.74) is -1.71. The molecule has 0 aliphatic rings. The molecule has 2 rings (SSSR count). The Hall–Kier alpha value is -3.22. The molecule has 1 aromatic heterocycles. The minimum Gasteiger partial charge on any atom is -0.301 e. The summed E-state index contributed by atoms with van der Waals surface area (Å²) >= 11 is 0. The lowest BCUT2D eigenvalue weighted by Crippen LogP contribution is -2.25. The van der Waals surface area contributed by atoms with Crippen LogP contribution in [-0.4, -0.2) is 14.9 Å². The van der Waals surface area contributed by atoms with E-state index >= 15 is 0 Å². The number of benzene rings is 1. The Balaban J connectivity index is 2.29. The molecule has 0 aliphatic carbocycles. The van der Waals surface area contributed by atoms with Crippen molar-refractivity contribution < 1.29 is 4.92 Å². The fraction of sp³-hybridized carbons (Fsp3) is 0. The predicted molar refractivity (Wildman–Crippen MR) is 78.8 cm³/mol. The number of aromatic nitrogens is 2. The summed E-state index contributed by atoms with van der Waals surface area (Å²) < 4.78 is 0. The van der Waals surface area contributed by atoms with Crippen LogP contribution in [0.4, 0.5) is 5.69 Å². The fourth-order valence-corrected chi connectivity index (χ4v) is 1.68. The van der Waals surface area contributed by atoms with Gasteiger partial charge in [0.1, 0.15) is 5.69 Å². The van der Waals surface area contributed by atoms with E-state index in [-0.39, 0.29) is 5.69 Å². The summed E-state index contributed by atoms with van der Waals surface area (Å²) in [7, 11) is 0. The molecule has 7 nitrogen and oxygen atoms in total. The molecular formula is C14H11N3O4. The third kappa shape index (κ3) is 3.63. The van der Waals surface area contributed by atoms with Crippen LogP contribution in [0.2, 0.25) is 0 Å². The van der Waals surface area contributed by atoms with Crippen molar-refractivity contribution in [2.24, 2.45) is 0 Å². The SMILES string of the molecule is O=c1[nH]c(/C=C\C=C\c2ccccc2)c([N+](=O)[O-])c(=O)[nH]1. The summed E-state index contributed by atoms with van der Waals surface area (Å²) in [5, 5.41) is 10.8. The Kier molecular flexibility index (Phi) is 4.25. The van der Waals surface area contributed by atoms with Gasteiger partial charge < -0.3 is 4.98 Å². The highest BCUT2D eigenvalue weighted by Gasteiger charge is 2.18. The molecule has 1 heterocycles. The lowest BCUT2D eigenvalue weighted by atomic mass is 10.2. The average molecular weight is 285 g/mol. The molecule has 7 heteroatoms. The van der Waals surface area contributed by atoms with E-state index in [1.165, 1.54) is 12.2 Å². The van der Waals surface area contributed by atoms with Gasteiger partial charge in [0, 0.05) is 0 Å². The molecule has 21 heavy (non-hydrogen) atoms. The summed E-state index contributed by atoms with van der Waals surface area (Å²) in [4.78, 5) is 36.6. The summed E-state index contributed by atoms with van der Waals surface area (Å²) in [6.07, 6.45) is 6.24. The molecule has 0 atom stereocenters. The van der Waals surface area contributed by atoms with Crippen LogP contribution >= 0.6 is 0 Å². The van der Waals surface area contributed by atoms with Crippen LogP contribution in [0, 0.1) is 10.1 Å². The molecule has 1 aromatic carbocycles. The predicted octanol–water partition coefficient (Wildman–Crippen LogP) is 1.70. The average Bonchev–Trinajstić information content (AvgIpc) is 2.43. The zero-order valence-corrected chi connectivity index (χ0v) is 10.8. The number of aromatic amines is 2. The van der Waals surface area contributed by atoms with Crippen LogP contribution in [0.3, 0.4) is 0 Å². The van der Waals surface area contributed by atoms with Crippen LogP contribution in [0.25, 0.3) is 12.2 Å². The molecule has 0 amide bonds. The standard InChI is InChI=1S/C14H11N3O4/c18-13-12(17(20)21)11(15-14(19)16-13)9-5-4-8-10-6-2-1-3-7-10/h1-9H,(H2,15,16,18,19)/b8-4+,9-5-. The van der Waals surface area contributed by atoms with Crippen LogP contribution in [-0.2, 0) is 0 Å². The Morgan fingerprint density at radius 2 is 1.67 bits per heavy atom. The number of nitro groups is 1. The van der Waals surface area contributed by atoms with E-state index in [0.717, 1.165) is 5.56 Å². The summed E-state index contributed by atoms with van der Waals surface area (Å²) in [6, 6.07) is 9.42. The number of H-pyrrole nitrogens is 2. The van der Waals surface area contributed by atoms with Gasteiger partial charge in [0.2, 0.25) is 0 Å². The van der Waals surface area contributed by atoms with Gasteiger partial charge in [-0.1, -0.05) is 48.6 Å². The third-order valence-electron chi connectivity index (χ3n) is 2.59. The van der Waals surface area contributed by atoms with Crippen LogP contribution in [0.1, 0.15) is 11.3 Å². The minimum absolute atomic E-state index is 0.147. The second-order valence-electron chi connectivity index (χ2n) is 4.06. The minimum atomic E-state index is -1.03. The first kappa shape index (κ1) is 14.2. The van der Waals surface area contributed by atoms with E-state index in [0.29, 0.717) is 0 Å². The summed E-state index contributed by atoms with van der Waals surface area (Å²) in [5.74, 6) is 0. The maximum Gasteiger partial charge on any atom is 0.357 e. The van der Waals surface area contributed by atoms with Gasteiger partial charge in [-0.25, -0.2) is 4.79 Å². The lowest BCUT2D eigenvalue weighted by molar-refractivity contribution is -0.386. The van der Waals surface area contributed by atoms with E-state index in [9.17, 15) is 19.7 Å². The molecule has 0 saturated carbocycles. The van der Waals surface area contributed by atoms with Crippen molar-refractivity contribution in [2.75, 3.05) is 0 Å². The van der Waals surface area contributed by atoms with E-state index in [1.54, 1.807) is 12.2 Å². The van der Waals surface area contributed by atoms with Crippen LogP contribution < -0.4 is 11.2 Å². The van der Waals surface area contributed by atoms with E-state index in [4.69, 9.17) is 0 Å². The topological polar surface area (TPSA) is 109 Å². The van der Waals surface area contributed by atoms with Gasteiger partial charge in [-0.05, 0) is 11.6 Å². The summed E-state index contributed by atoms with van der Waals surface area (Å²) in [6.45, 7) is 0. The number of nitrogens with zero attached hydrogens (tertiary/aromatic N) is 1. The van der Waals surface area contributed by atoms with Crippen molar-refractivity contribution in [3.8, 4) is 0 Å². The Bertz CT molecular complexity index is 816. The molecule has 0 unspecified atom stereocenters. The zero-order chi connectivity index (χ0) is 15.2. The van der Waals surface area contributed by atoms with Gasteiger partial charge in [-0.15, -0.1) is 0 Å². The van der Waals surface area contributed by atoms with Crippen molar-refractivity contribution in [2.45, 2.75) is 0 Å². The highest BCUT2D eigenvalue weighted by Crippen LogP contribution is 2.10. The maximum atomic E-state index is 11.4. The van der Waals surface area contributed by atoms with E-state index in [1.807, 2.05) is 35.3 Å². The normalized spacial score (nSPS) is 11.2. The first-order valence-electron chi connectivity index (χ1n) is 5.99. The Morgan fingerprint density at radius 1 is 1.00 bits per heavy atom. The number of hydrogen-bond donors (Lipinski definition) is 2. The number of rotatable bonds is 4. The molecule has 0 aliphatic heterocycles. The Morgan fingerprint density at radius 3 is 2.33 bits per heavy atom. The van der Waals surface area contributed by atoms with Crippen LogP contribution in [0.15, 0.2) is 52.1 Å². The molecule has 2 aromatic rings. The van der Waals surface area contributed by atoms with Crippen molar-refractivity contribution in [1.82, 2.24) is 9.97 Å². The second-order valence-corrected chi connectivity index (χ2v) is 4.06. The van der Waals surface area contributed by atoms with Gasteiger partial charge in [-0.3, -0.25) is 19.9 Å². The molecule has 0 spiro atoms. The Labute approximate surface area is 118 Å². The van der Waals surface area contributed by atoms with Crippen molar-refractivity contribution in [3.05, 3.63) is 84.7 Å². The fourth-order valence-electron chi connectivity index (χ4n) is 1.68. The first-order valence-corrected chi connectivity index (χ1v) is 5.99. The number of nitrogens with one attached hydrogen (secondary N) is 2. The van der Waals surface area contributed by atoms with Crippen LogP contribution in [0.5, 0.6) is 0 Å². The van der Waals surface area contributed by atoms with Gasteiger partial charge in [0.15, 0.2) is 0 Å². The number of allylic oxidation sites excluding steroid dienone is 2. The molecular weight excluding hydrogens is 274 g/mol. The lowest BCUT2D eigenvalue weighted by Gasteiger charge is -1.95. The monoisotopic (exact) mass is 285 g/mol. The van der Waals surface area contributed by atoms with Crippen molar-refractivity contribution in [3.63, 3.8) is 0 Å². The van der Waals surface area contributed by atoms with Gasteiger partial charge >= 0.3 is 16.9 Å². The van der Waals surface area contributed by atoms with Crippen molar-refractivity contribution >= 4 is 17.8 Å². The maximum absolute atomic E-state index is 11.4. The van der Waals surface area contributed by atoms with E-state index < -0.39 is 21.9 Å². The molecule has 0 fully saturated rings. The molecule has 106 valence electrons. The smallest absolute Gasteiger partial charge is 0.301 e. The third-order valence-corrected chi connectivity index (χ3v) is 2.59. The first-order chi connectivity index (χ1) is 10.1. The molecule has 0 saturated heterocycles. The van der Waals surface area contributed by atoms with E-state index in [2.05, 4.69) is 4.98 Å². The highest BCUT2D eigenvalue weighted by atomic mass is 16.6. The molecule has 2 N–H and O–H groups in total. The molecule has 0 radical (unpaired) electrons. The zero-order valence-electron chi connectivity index (χ0n) is 10.8. The largest absolute Gasteiger partial charge is 0.357 e.